The summed E-state index contributed by atoms with van der Waals surface area (Å²) >= 11 is 0. The van der Waals surface area contributed by atoms with Crippen LogP contribution in [0.2, 0.25) is 0 Å². The molecular formula is C17H34N2O. The van der Waals surface area contributed by atoms with E-state index in [-0.39, 0.29) is 0 Å². The Balaban J connectivity index is 1.95. The average Bonchev–Trinajstić information content (AvgIpc) is 3.19. The van der Waals surface area contributed by atoms with Crippen molar-refractivity contribution in [3.05, 3.63) is 0 Å². The molecule has 2 unspecified atom stereocenters. The van der Waals surface area contributed by atoms with E-state index in [9.17, 15) is 0 Å². The lowest BCUT2D eigenvalue weighted by atomic mass is 9.86. The number of hydrogen-bond acceptors (Lipinski definition) is 3. The Kier molecular flexibility index (Phi) is 5.49. The van der Waals surface area contributed by atoms with Gasteiger partial charge in [-0.3, -0.25) is 4.90 Å². The first kappa shape index (κ1) is 16.3. The molecule has 2 rings (SSSR count). The van der Waals surface area contributed by atoms with Crippen LogP contribution in [0.5, 0.6) is 0 Å². The quantitative estimate of drug-likeness (QED) is 0.777. The van der Waals surface area contributed by atoms with Crippen LogP contribution in [-0.2, 0) is 4.74 Å². The van der Waals surface area contributed by atoms with E-state index >= 15 is 0 Å². The third-order valence-corrected chi connectivity index (χ3v) is 5.06. The van der Waals surface area contributed by atoms with E-state index in [2.05, 4.69) is 37.9 Å². The predicted molar refractivity (Wildman–Crippen MR) is 85.0 cm³/mol. The molecule has 118 valence electrons. The van der Waals surface area contributed by atoms with Gasteiger partial charge in [0.05, 0.1) is 0 Å². The molecule has 2 aliphatic rings. The summed E-state index contributed by atoms with van der Waals surface area (Å²) < 4.78 is 5.28. The van der Waals surface area contributed by atoms with Gasteiger partial charge < -0.3 is 10.1 Å². The molecule has 2 fully saturated rings. The maximum atomic E-state index is 5.28. The highest BCUT2D eigenvalue weighted by atomic mass is 16.5. The summed E-state index contributed by atoms with van der Waals surface area (Å²) in [6.07, 6.45) is 4.02. The van der Waals surface area contributed by atoms with Crippen molar-refractivity contribution in [3.8, 4) is 0 Å². The first-order valence-electron chi connectivity index (χ1n) is 8.39. The predicted octanol–water partition coefficient (Wildman–Crippen LogP) is 2.76. The van der Waals surface area contributed by atoms with Crippen molar-refractivity contribution in [2.24, 2.45) is 17.3 Å². The number of rotatable bonds is 7. The van der Waals surface area contributed by atoms with Crippen LogP contribution in [0.3, 0.4) is 0 Å². The van der Waals surface area contributed by atoms with Crippen LogP contribution in [0.15, 0.2) is 0 Å². The molecule has 3 nitrogen and oxygen atoms in total. The SMILES string of the molecule is COCCC(C)(C)CN1CC(C2CC2)NCC1C(C)C. The van der Waals surface area contributed by atoms with Crippen LogP contribution in [0, 0.1) is 17.3 Å². The van der Waals surface area contributed by atoms with Crippen LogP contribution >= 0.6 is 0 Å². The normalized spacial score (nSPS) is 29.1. The molecule has 2 atom stereocenters. The molecule has 0 spiro atoms. The average molecular weight is 282 g/mol. The van der Waals surface area contributed by atoms with Crippen molar-refractivity contribution in [3.63, 3.8) is 0 Å². The van der Waals surface area contributed by atoms with Gasteiger partial charge in [-0.05, 0) is 36.5 Å². The molecule has 1 aliphatic carbocycles. The molecule has 1 saturated heterocycles. The largest absolute Gasteiger partial charge is 0.385 e. The summed E-state index contributed by atoms with van der Waals surface area (Å²) in [5.74, 6) is 1.67. The van der Waals surface area contributed by atoms with Crippen LogP contribution in [0.4, 0.5) is 0 Å². The summed E-state index contributed by atoms with van der Waals surface area (Å²) in [6.45, 7) is 14.0. The second kappa shape index (κ2) is 6.76. The Morgan fingerprint density at radius 1 is 1.30 bits per heavy atom. The van der Waals surface area contributed by atoms with Gasteiger partial charge in [-0.15, -0.1) is 0 Å². The molecule has 0 aromatic carbocycles. The zero-order valence-electron chi connectivity index (χ0n) is 14.1. The van der Waals surface area contributed by atoms with Gasteiger partial charge in [0.2, 0.25) is 0 Å². The van der Waals surface area contributed by atoms with E-state index in [1.807, 2.05) is 0 Å². The Hall–Kier alpha value is -0.120. The lowest BCUT2D eigenvalue weighted by Gasteiger charge is -2.45. The monoisotopic (exact) mass is 282 g/mol. The van der Waals surface area contributed by atoms with Crippen molar-refractivity contribution < 1.29 is 4.74 Å². The van der Waals surface area contributed by atoms with Crippen LogP contribution in [0.1, 0.15) is 47.0 Å². The summed E-state index contributed by atoms with van der Waals surface area (Å²) in [5, 5.41) is 3.81. The number of piperazine rings is 1. The zero-order valence-corrected chi connectivity index (χ0v) is 14.1. The van der Waals surface area contributed by atoms with Crippen LogP contribution < -0.4 is 5.32 Å². The van der Waals surface area contributed by atoms with E-state index in [4.69, 9.17) is 4.74 Å². The second-order valence-electron chi connectivity index (χ2n) is 8.00. The highest BCUT2D eigenvalue weighted by molar-refractivity contribution is 4.96. The number of nitrogens with zero attached hydrogens (tertiary/aromatic N) is 1. The zero-order chi connectivity index (χ0) is 14.8. The van der Waals surface area contributed by atoms with Gasteiger partial charge in [-0.2, -0.15) is 0 Å². The smallest absolute Gasteiger partial charge is 0.0467 e. The maximum Gasteiger partial charge on any atom is 0.0467 e. The fourth-order valence-electron chi connectivity index (χ4n) is 3.51. The number of ether oxygens (including phenoxy) is 1. The third-order valence-electron chi connectivity index (χ3n) is 5.06. The molecule has 0 aromatic heterocycles. The summed E-state index contributed by atoms with van der Waals surface area (Å²) in [5.41, 5.74) is 0.342. The van der Waals surface area contributed by atoms with Gasteiger partial charge in [0, 0.05) is 45.4 Å². The van der Waals surface area contributed by atoms with Gasteiger partial charge in [0.1, 0.15) is 0 Å². The lowest BCUT2D eigenvalue weighted by Crippen LogP contribution is -2.60. The fourth-order valence-corrected chi connectivity index (χ4v) is 3.51. The minimum atomic E-state index is 0.342. The molecule has 1 N–H and O–H groups in total. The fraction of sp³-hybridized carbons (Fsp3) is 1.00. The standard InChI is InChI=1S/C17H34N2O/c1-13(2)16-10-18-15(14-6-7-14)11-19(16)12-17(3,4)8-9-20-5/h13-16,18H,6-12H2,1-5H3. The van der Waals surface area contributed by atoms with E-state index < -0.39 is 0 Å². The molecular weight excluding hydrogens is 248 g/mol. The molecule has 3 heteroatoms. The maximum absolute atomic E-state index is 5.28. The Morgan fingerprint density at radius 3 is 2.55 bits per heavy atom. The molecule has 1 saturated carbocycles. The van der Waals surface area contributed by atoms with Gasteiger partial charge in [0.15, 0.2) is 0 Å². The van der Waals surface area contributed by atoms with Crippen molar-refractivity contribution in [2.75, 3.05) is 33.4 Å². The van der Waals surface area contributed by atoms with Crippen LogP contribution in [0.25, 0.3) is 0 Å². The van der Waals surface area contributed by atoms with E-state index in [0.29, 0.717) is 11.5 Å². The topological polar surface area (TPSA) is 24.5 Å². The minimum Gasteiger partial charge on any atom is -0.385 e. The minimum absolute atomic E-state index is 0.342. The molecule has 1 heterocycles. The highest BCUT2D eigenvalue weighted by Crippen LogP contribution is 2.35. The van der Waals surface area contributed by atoms with Gasteiger partial charge in [-0.25, -0.2) is 0 Å². The van der Waals surface area contributed by atoms with Crippen LogP contribution in [-0.4, -0.2) is 50.3 Å². The van der Waals surface area contributed by atoms with E-state index in [1.165, 1.54) is 32.5 Å². The lowest BCUT2D eigenvalue weighted by molar-refractivity contribution is 0.0433. The Morgan fingerprint density at radius 2 is 2.00 bits per heavy atom. The molecule has 0 amide bonds. The van der Waals surface area contributed by atoms with E-state index in [0.717, 1.165) is 30.9 Å². The first-order valence-corrected chi connectivity index (χ1v) is 8.39. The van der Waals surface area contributed by atoms with Gasteiger partial charge in [-0.1, -0.05) is 27.7 Å². The number of hydrogen-bond donors (Lipinski definition) is 1. The first-order chi connectivity index (χ1) is 9.43. The van der Waals surface area contributed by atoms with Crippen molar-refractivity contribution in [1.82, 2.24) is 10.2 Å². The number of methoxy groups -OCH3 is 1. The molecule has 20 heavy (non-hydrogen) atoms. The Labute approximate surface area is 125 Å². The summed E-state index contributed by atoms with van der Waals surface area (Å²) in [7, 11) is 1.81. The molecule has 0 bridgehead atoms. The highest BCUT2D eigenvalue weighted by Gasteiger charge is 2.39. The molecule has 0 aromatic rings. The van der Waals surface area contributed by atoms with Crippen molar-refractivity contribution in [1.29, 1.82) is 0 Å². The van der Waals surface area contributed by atoms with E-state index in [1.54, 1.807) is 7.11 Å². The summed E-state index contributed by atoms with van der Waals surface area (Å²) in [4.78, 5) is 2.76. The van der Waals surface area contributed by atoms with Gasteiger partial charge >= 0.3 is 0 Å². The van der Waals surface area contributed by atoms with Crippen molar-refractivity contribution in [2.45, 2.75) is 59.0 Å². The van der Waals surface area contributed by atoms with Gasteiger partial charge in [0.25, 0.3) is 0 Å². The third kappa shape index (κ3) is 4.44. The molecule has 0 radical (unpaired) electrons. The second-order valence-corrected chi connectivity index (χ2v) is 8.00. The van der Waals surface area contributed by atoms with Crippen molar-refractivity contribution >= 4 is 0 Å². The number of nitrogens with one attached hydrogen (secondary N) is 1. The summed E-state index contributed by atoms with van der Waals surface area (Å²) in [6, 6.07) is 1.43. The Bertz CT molecular complexity index is 299. The molecule has 1 aliphatic heterocycles.